The molecule has 0 fully saturated rings. The minimum absolute atomic E-state index is 0.110. The molecule has 0 saturated heterocycles. The molecule has 2 aromatic carbocycles. The van der Waals surface area contributed by atoms with Crippen molar-refractivity contribution in [1.29, 1.82) is 0 Å². The Morgan fingerprint density at radius 2 is 2.12 bits per heavy atom. The summed E-state index contributed by atoms with van der Waals surface area (Å²) in [4.78, 5) is 11.3. The third-order valence-corrected chi connectivity index (χ3v) is 5.22. The smallest absolute Gasteiger partial charge is 0.335 e. The van der Waals surface area contributed by atoms with Gasteiger partial charge in [-0.25, -0.2) is 4.79 Å². The average Bonchev–Trinajstić information content (AvgIpc) is 3.15. The second-order valence-electron chi connectivity index (χ2n) is 6.72. The van der Waals surface area contributed by atoms with Crippen LogP contribution in [0.25, 0.3) is 0 Å². The molecule has 2 aromatic rings. The zero-order valence-electron chi connectivity index (χ0n) is 14.4. The van der Waals surface area contributed by atoms with E-state index in [9.17, 15) is 9.90 Å². The van der Waals surface area contributed by atoms with Crippen molar-refractivity contribution in [1.82, 2.24) is 0 Å². The lowest BCUT2D eigenvalue weighted by Gasteiger charge is -2.38. The van der Waals surface area contributed by atoms with Crippen LogP contribution in [0.5, 0.6) is 5.75 Å². The number of hydrogen-bond donors (Lipinski definition) is 2. The largest absolute Gasteiger partial charge is 0.489 e. The van der Waals surface area contributed by atoms with E-state index in [0.29, 0.717) is 18.1 Å². The highest BCUT2D eigenvalue weighted by Gasteiger charge is 2.39. The highest BCUT2D eigenvalue weighted by atomic mass is 16.5. The number of nitrogens with one attached hydrogen (secondary N) is 1. The maximum atomic E-state index is 11.3. The summed E-state index contributed by atoms with van der Waals surface area (Å²) in [5.74, 6) is 0.515. The predicted octanol–water partition coefficient (Wildman–Crippen LogP) is 4.78. The summed E-state index contributed by atoms with van der Waals surface area (Å²) < 4.78 is 5.87. The molecule has 4 nitrogen and oxygen atoms in total. The maximum Gasteiger partial charge on any atom is 0.335 e. The van der Waals surface area contributed by atoms with E-state index in [1.165, 1.54) is 0 Å². The van der Waals surface area contributed by atoms with Crippen LogP contribution < -0.4 is 10.1 Å². The molecule has 4 rings (SSSR count). The first-order valence-corrected chi connectivity index (χ1v) is 8.82. The fourth-order valence-electron chi connectivity index (χ4n) is 4.05. The van der Waals surface area contributed by atoms with Gasteiger partial charge >= 0.3 is 5.97 Å². The first-order chi connectivity index (χ1) is 12.7. The van der Waals surface area contributed by atoms with Crippen LogP contribution in [0, 0.1) is 5.92 Å². The average molecular weight is 347 g/mol. The van der Waals surface area contributed by atoms with Crippen molar-refractivity contribution in [2.24, 2.45) is 5.92 Å². The Morgan fingerprint density at radius 1 is 1.27 bits per heavy atom. The summed E-state index contributed by atoms with van der Waals surface area (Å²) in [6, 6.07) is 13.5. The number of hydrogen-bond acceptors (Lipinski definition) is 3. The molecular weight excluding hydrogens is 326 g/mol. The third-order valence-electron chi connectivity index (χ3n) is 5.22. The normalized spacial score (nSPS) is 22.8. The zero-order chi connectivity index (χ0) is 18.1. The highest BCUT2D eigenvalue weighted by Crippen LogP contribution is 2.51. The van der Waals surface area contributed by atoms with Gasteiger partial charge in [0.25, 0.3) is 0 Å². The third kappa shape index (κ3) is 2.77. The zero-order valence-corrected chi connectivity index (χ0v) is 14.4. The lowest BCUT2D eigenvalue weighted by Crippen LogP contribution is -2.29. The fraction of sp³-hybridized carbons (Fsp3) is 0.227. The van der Waals surface area contributed by atoms with Crippen molar-refractivity contribution in [3.63, 3.8) is 0 Å². The molecule has 0 aromatic heterocycles. The first-order valence-electron chi connectivity index (χ1n) is 8.82. The quantitative estimate of drug-likeness (QED) is 0.765. The number of carboxylic acids is 1. The molecule has 0 amide bonds. The van der Waals surface area contributed by atoms with E-state index in [2.05, 4.69) is 30.1 Å². The van der Waals surface area contributed by atoms with Crippen LogP contribution in [0.2, 0.25) is 0 Å². The highest BCUT2D eigenvalue weighted by molar-refractivity contribution is 5.89. The number of carboxylic acid groups (broad SMARTS) is 1. The van der Waals surface area contributed by atoms with Gasteiger partial charge in [-0.3, -0.25) is 0 Å². The Balaban J connectivity index is 1.75. The van der Waals surface area contributed by atoms with Crippen molar-refractivity contribution in [2.75, 3.05) is 11.9 Å². The monoisotopic (exact) mass is 347 g/mol. The van der Waals surface area contributed by atoms with E-state index < -0.39 is 5.97 Å². The first kappa shape index (κ1) is 16.5. The number of aromatic carboxylic acids is 1. The molecule has 0 radical (unpaired) electrons. The number of carbonyl (C=O) groups is 1. The lowest BCUT2D eigenvalue weighted by atomic mass is 9.76. The van der Waals surface area contributed by atoms with Gasteiger partial charge in [0.2, 0.25) is 0 Å². The van der Waals surface area contributed by atoms with Crippen LogP contribution in [-0.4, -0.2) is 17.7 Å². The van der Waals surface area contributed by atoms with Gasteiger partial charge in [0.15, 0.2) is 0 Å². The van der Waals surface area contributed by atoms with Gasteiger partial charge in [-0.15, -0.1) is 0 Å². The predicted molar refractivity (Wildman–Crippen MR) is 102 cm³/mol. The lowest BCUT2D eigenvalue weighted by molar-refractivity contribution is 0.0696. The van der Waals surface area contributed by atoms with Crippen molar-refractivity contribution in [3.8, 4) is 5.75 Å². The second kappa shape index (κ2) is 6.71. The van der Waals surface area contributed by atoms with E-state index >= 15 is 0 Å². The molecule has 132 valence electrons. The maximum absolute atomic E-state index is 11.3. The van der Waals surface area contributed by atoms with Gasteiger partial charge in [0.1, 0.15) is 12.4 Å². The Bertz CT molecular complexity index is 887. The van der Waals surface area contributed by atoms with Crippen molar-refractivity contribution < 1.29 is 14.6 Å². The van der Waals surface area contributed by atoms with Gasteiger partial charge in [-0.1, -0.05) is 43.0 Å². The molecule has 0 bridgehead atoms. The summed E-state index contributed by atoms with van der Waals surface area (Å²) in [5.41, 5.74) is 3.51. The topological polar surface area (TPSA) is 58.6 Å². The molecule has 26 heavy (non-hydrogen) atoms. The molecule has 2 N–H and O–H groups in total. The van der Waals surface area contributed by atoms with Gasteiger partial charge in [-0.2, -0.15) is 0 Å². The molecule has 2 aliphatic rings. The van der Waals surface area contributed by atoms with E-state index in [-0.39, 0.29) is 12.0 Å². The number of para-hydroxylation sites is 1. The number of allylic oxidation sites excluding steroid dienone is 2. The Kier molecular flexibility index (Phi) is 4.25. The molecular formula is C22H21NO3. The molecule has 0 saturated carbocycles. The van der Waals surface area contributed by atoms with E-state index in [1.54, 1.807) is 18.2 Å². The number of anilines is 1. The number of benzene rings is 2. The van der Waals surface area contributed by atoms with Crippen LogP contribution in [0.1, 0.15) is 39.9 Å². The minimum atomic E-state index is -0.892. The van der Waals surface area contributed by atoms with Crippen LogP contribution >= 0.6 is 0 Å². The summed E-state index contributed by atoms with van der Waals surface area (Å²) in [5, 5.41) is 12.9. The van der Waals surface area contributed by atoms with Crippen LogP contribution in [0.15, 0.2) is 67.3 Å². The van der Waals surface area contributed by atoms with E-state index in [4.69, 9.17) is 4.74 Å². The molecule has 1 heterocycles. The van der Waals surface area contributed by atoms with Crippen LogP contribution in [0.3, 0.4) is 0 Å². The molecule has 4 heteroatoms. The standard InChI is InChI=1S/C22H21NO3/c1-2-12-26-20-9-4-3-6-17(20)21-16-8-5-7-15(16)18-13-14(22(24)25)10-11-19(18)23-21/h2-7,9-11,13,15-16,21,23H,1,8,12H2,(H,24,25). The van der Waals surface area contributed by atoms with Gasteiger partial charge in [0, 0.05) is 17.2 Å². The Hall–Kier alpha value is -3.01. The summed E-state index contributed by atoms with van der Waals surface area (Å²) >= 11 is 0. The second-order valence-corrected chi connectivity index (χ2v) is 6.72. The number of fused-ring (bicyclic) bond motifs is 3. The van der Waals surface area contributed by atoms with Crippen molar-refractivity contribution >= 4 is 11.7 Å². The van der Waals surface area contributed by atoms with Crippen LogP contribution in [-0.2, 0) is 0 Å². The van der Waals surface area contributed by atoms with Crippen molar-refractivity contribution in [3.05, 3.63) is 84.0 Å². The molecule has 0 spiro atoms. The SMILES string of the molecule is C=CCOc1ccccc1C1Nc2ccc(C(=O)O)cc2C2C=CCC21. The number of ether oxygens (including phenoxy) is 1. The van der Waals surface area contributed by atoms with E-state index in [0.717, 1.165) is 29.0 Å². The Labute approximate surface area is 152 Å². The fourth-order valence-corrected chi connectivity index (χ4v) is 4.05. The van der Waals surface area contributed by atoms with Gasteiger partial charge in [-0.05, 0) is 42.2 Å². The van der Waals surface area contributed by atoms with Gasteiger partial charge in [0.05, 0.1) is 11.6 Å². The van der Waals surface area contributed by atoms with E-state index in [1.807, 2.05) is 24.3 Å². The van der Waals surface area contributed by atoms with Gasteiger partial charge < -0.3 is 15.2 Å². The minimum Gasteiger partial charge on any atom is -0.489 e. The molecule has 1 aliphatic heterocycles. The molecule has 3 unspecified atom stereocenters. The van der Waals surface area contributed by atoms with Crippen LogP contribution in [0.4, 0.5) is 5.69 Å². The summed E-state index contributed by atoms with van der Waals surface area (Å²) in [7, 11) is 0. The molecule has 1 aliphatic carbocycles. The number of rotatable bonds is 5. The molecule has 3 atom stereocenters. The summed E-state index contributed by atoms with van der Waals surface area (Å²) in [6.07, 6.45) is 7.10. The Morgan fingerprint density at radius 3 is 2.92 bits per heavy atom. The summed E-state index contributed by atoms with van der Waals surface area (Å²) in [6.45, 7) is 4.19. The van der Waals surface area contributed by atoms with Crippen molar-refractivity contribution in [2.45, 2.75) is 18.4 Å².